The fourth-order valence-electron chi connectivity index (χ4n) is 2.50. The van der Waals surface area contributed by atoms with Gasteiger partial charge in [0.25, 0.3) is 0 Å². The van der Waals surface area contributed by atoms with E-state index in [0.29, 0.717) is 18.0 Å². The van der Waals surface area contributed by atoms with Crippen LogP contribution in [0.4, 0.5) is 5.69 Å². The van der Waals surface area contributed by atoms with Crippen LogP contribution in [-0.4, -0.2) is 42.4 Å². The second-order valence-electron chi connectivity index (χ2n) is 6.65. The second-order valence-corrected chi connectivity index (χ2v) is 7.57. The van der Waals surface area contributed by atoms with Gasteiger partial charge in [-0.3, -0.25) is 14.5 Å². The van der Waals surface area contributed by atoms with Crippen molar-refractivity contribution in [3.63, 3.8) is 0 Å². The molecule has 0 aliphatic rings. The SMILES string of the molecule is CCN(CC(=O)Nc1ccc(Oc2ccc(Br)cc2)cc1)CC(=O)NC(C)C. The van der Waals surface area contributed by atoms with Crippen LogP contribution in [0.1, 0.15) is 20.8 Å². The van der Waals surface area contributed by atoms with Crippen LogP contribution in [0.5, 0.6) is 11.5 Å². The Kier molecular flexibility index (Phi) is 8.47. The maximum absolute atomic E-state index is 12.3. The predicted molar refractivity (Wildman–Crippen MR) is 115 cm³/mol. The fraction of sp³-hybridized carbons (Fsp3) is 0.333. The molecule has 2 aromatic carbocycles. The molecule has 2 amide bonds. The highest BCUT2D eigenvalue weighted by Crippen LogP contribution is 2.24. The average molecular weight is 448 g/mol. The molecular weight excluding hydrogens is 422 g/mol. The minimum absolute atomic E-state index is 0.0816. The lowest BCUT2D eigenvalue weighted by Crippen LogP contribution is -2.42. The maximum Gasteiger partial charge on any atom is 0.238 e. The van der Waals surface area contributed by atoms with Gasteiger partial charge in [-0.05, 0) is 68.9 Å². The van der Waals surface area contributed by atoms with Crippen molar-refractivity contribution in [2.45, 2.75) is 26.8 Å². The molecular formula is C21H26BrN3O3. The van der Waals surface area contributed by atoms with E-state index >= 15 is 0 Å². The first-order valence-electron chi connectivity index (χ1n) is 9.20. The van der Waals surface area contributed by atoms with Crippen LogP contribution in [0, 0.1) is 0 Å². The third-order valence-electron chi connectivity index (χ3n) is 3.82. The van der Waals surface area contributed by atoms with Crippen LogP contribution in [0.3, 0.4) is 0 Å². The van der Waals surface area contributed by atoms with Gasteiger partial charge in [0.05, 0.1) is 13.1 Å². The van der Waals surface area contributed by atoms with E-state index in [1.165, 1.54) is 0 Å². The van der Waals surface area contributed by atoms with E-state index in [9.17, 15) is 9.59 Å². The van der Waals surface area contributed by atoms with Crippen LogP contribution >= 0.6 is 15.9 Å². The number of amides is 2. The molecule has 0 saturated heterocycles. The number of carbonyl (C=O) groups excluding carboxylic acids is 2. The maximum atomic E-state index is 12.3. The Bertz CT molecular complexity index is 776. The lowest BCUT2D eigenvalue weighted by Gasteiger charge is -2.20. The Balaban J connectivity index is 1.85. The van der Waals surface area contributed by atoms with Gasteiger partial charge >= 0.3 is 0 Å². The molecule has 6 nitrogen and oxygen atoms in total. The highest BCUT2D eigenvalue weighted by atomic mass is 79.9. The first-order valence-corrected chi connectivity index (χ1v) is 10.00. The van der Waals surface area contributed by atoms with Crippen molar-refractivity contribution in [2.75, 3.05) is 25.0 Å². The molecule has 0 radical (unpaired) electrons. The van der Waals surface area contributed by atoms with E-state index in [1.807, 2.05) is 45.0 Å². The normalized spacial score (nSPS) is 10.8. The summed E-state index contributed by atoms with van der Waals surface area (Å²) < 4.78 is 6.75. The molecule has 0 aromatic heterocycles. The topological polar surface area (TPSA) is 70.7 Å². The third-order valence-corrected chi connectivity index (χ3v) is 4.35. The van der Waals surface area contributed by atoms with Gasteiger partial charge in [-0.25, -0.2) is 0 Å². The number of benzene rings is 2. The molecule has 0 aliphatic heterocycles. The first-order chi connectivity index (χ1) is 13.4. The van der Waals surface area contributed by atoms with Crippen LogP contribution in [-0.2, 0) is 9.59 Å². The van der Waals surface area contributed by atoms with Crippen molar-refractivity contribution in [2.24, 2.45) is 0 Å². The van der Waals surface area contributed by atoms with Crippen LogP contribution in [0.25, 0.3) is 0 Å². The minimum atomic E-state index is -0.166. The molecule has 0 heterocycles. The summed E-state index contributed by atoms with van der Waals surface area (Å²) >= 11 is 3.39. The Morgan fingerprint density at radius 2 is 1.50 bits per heavy atom. The molecule has 0 bridgehead atoms. The number of carbonyl (C=O) groups is 2. The van der Waals surface area contributed by atoms with Gasteiger partial charge in [0, 0.05) is 16.2 Å². The van der Waals surface area contributed by atoms with Gasteiger partial charge in [-0.15, -0.1) is 0 Å². The Morgan fingerprint density at radius 3 is 2.04 bits per heavy atom. The number of ether oxygens (including phenoxy) is 1. The summed E-state index contributed by atoms with van der Waals surface area (Å²) in [5.74, 6) is 1.17. The Morgan fingerprint density at radius 1 is 0.964 bits per heavy atom. The Labute approximate surface area is 174 Å². The average Bonchev–Trinajstić information content (AvgIpc) is 2.64. The number of hydrogen-bond donors (Lipinski definition) is 2. The molecule has 0 saturated carbocycles. The summed E-state index contributed by atoms with van der Waals surface area (Å²) in [7, 11) is 0. The van der Waals surface area contributed by atoms with Crippen molar-refractivity contribution in [1.29, 1.82) is 0 Å². The zero-order valence-corrected chi connectivity index (χ0v) is 18.0. The molecule has 0 atom stereocenters. The molecule has 2 aromatic rings. The quantitative estimate of drug-likeness (QED) is 0.608. The third kappa shape index (κ3) is 7.70. The zero-order chi connectivity index (χ0) is 20.5. The van der Waals surface area contributed by atoms with E-state index in [4.69, 9.17) is 4.74 Å². The van der Waals surface area contributed by atoms with Crippen LogP contribution in [0.2, 0.25) is 0 Å². The van der Waals surface area contributed by atoms with Gasteiger partial charge in [-0.1, -0.05) is 22.9 Å². The van der Waals surface area contributed by atoms with Crippen LogP contribution < -0.4 is 15.4 Å². The lowest BCUT2D eigenvalue weighted by molar-refractivity contribution is -0.123. The molecule has 150 valence electrons. The number of rotatable bonds is 9. The van der Waals surface area contributed by atoms with Crippen molar-refractivity contribution >= 4 is 33.4 Å². The van der Waals surface area contributed by atoms with Gasteiger partial charge in [0.15, 0.2) is 0 Å². The van der Waals surface area contributed by atoms with Crippen molar-refractivity contribution < 1.29 is 14.3 Å². The predicted octanol–water partition coefficient (Wildman–Crippen LogP) is 4.03. The summed E-state index contributed by atoms with van der Waals surface area (Å²) in [4.78, 5) is 25.9. The smallest absolute Gasteiger partial charge is 0.238 e. The minimum Gasteiger partial charge on any atom is -0.457 e. The van der Waals surface area contributed by atoms with E-state index in [0.717, 1.165) is 10.2 Å². The summed E-state index contributed by atoms with van der Waals surface area (Å²) in [6.07, 6.45) is 0. The van der Waals surface area contributed by atoms with E-state index in [-0.39, 0.29) is 30.9 Å². The van der Waals surface area contributed by atoms with Crippen LogP contribution in [0.15, 0.2) is 53.0 Å². The summed E-state index contributed by atoms with van der Waals surface area (Å²) in [5.41, 5.74) is 0.677. The molecule has 0 fully saturated rings. The summed E-state index contributed by atoms with van der Waals surface area (Å²) in [6.45, 7) is 6.69. The molecule has 0 unspecified atom stereocenters. The first kappa shape index (κ1) is 21.9. The fourth-order valence-corrected chi connectivity index (χ4v) is 2.76. The van der Waals surface area contributed by atoms with Gasteiger partial charge in [-0.2, -0.15) is 0 Å². The highest BCUT2D eigenvalue weighted by Gasteiger charge is 2.14. The van der Waals surface area contributed by atoms with Crippen molar-refractivity contribution in [3.05, 3.63) is 53.0 Å². The summed E-state index contributed by atoms with van der Waals surface area (Å²) in [6, 6.07) is 14.8. The molecule has 7 heteroatoms. The zero-order valence-electron chi connectivity index (χ0n) is 16.4. The number of halogens is 1. The second kappa shape index (κ2) is 10.8. The van der Waals surface area contributed by atoms with E-state index in [1.54, 1.807) is 29.2 Å². The van der Waals surface area contributed by atoms with Crippen molar-refractivity contribution in [1.82, 2.24) is 10.2 Å². The van der Waals surface area contributed by atoms with E-state index in [2.05, 4.69) is 26.6 Å². The molecule has 2 N–H and O–H groups in total. The highest BCUT2D eigenvalue weighted by molar-refractivity contribution is 9.10. The lowest BCUT2D eigenvalue weighted by atomic mass is 10.3. The largest absolute Gasteiger partial charge is 0.457 e. The molecule has 0 spiro atoms. The molecule has 28 heavy (non-hydrogen) atoms. The number of nitrogens with zero attached hydrogens (tertiary/aromatic N) is 1. The number of nitrogens with one attached hydrogen (secondary N) is 2. The number of likely N-dealkylation sites (N-methyl/N-ethyl adjacent to an activating group) is 1. The summed E-state index contributed by atoms with van der Waals surface area (Å²) in [5, 5.41) is 5.68. The molecule has 0 aliphatic carbocycles. The number of hydrogen-bond acceptors (Lipinski definition) is 4. The van der Waals surface area contributed by atoms with E-state index < -0.39 is 0 Å². The van der Waals surface area contributed by atoms with Gasteiger partial charge < -0.3 is 15.4 Å². The number of anilines is 1. The van der Waals surface area contributed by atoms with Gasteiger partial charge in [0.2, 0.25) is 11.8 Å². The van der Waals surface area contributed by atoms with Gasteiger partial charge in [0.1, 0.15) is 11.5 Å². The monoisotopic (exact) mass is 447 g/mol. The Hall–Kier alpha value is -2.38. The van der Waals surface area contributed by atoms with Crippen molar-refractivity contribution in [3.8, 4) is 11.5 Å². The molecule has 2 rings (SSSR count). The standard InChI is InChI=1S/C21H26BrN3O3/c1-4-25(13-20(26)23-15(2)3)14-21(27)24-17-7-11-19(12-8-17)28-18-9-5-16(22)6-10-18/h5-12,15H,4,13-14H2,1-3H3,(H,23,26)(H,24,27).